The number of nitrogens with one attached hydrogen (secondary N) is 1. The topological polar surface area (TPSA) is 71.5 Å². The van der Waals surface area contributed by atoms with Gasteiger partial charge in [-0.25, -0.2) is 4.79 Å². The maximum Gasteiger partial charge on any atom is 0.328 e. The van der Waals surface area contributed by atoms with Crippen molar-refractivity contribution < 1.29 is 19.4 Å². The summed E-state index contributed by atoms with van der Waals surface area (Å²) < 4.78 is 10.6. The first-order chi connectivity index (χ1) is 8.65. The molecule has 1 aromatic heterocycles. The van der Waals surface area contributed by atoms with E-state index >= 15 is 0 Å². The first kappa shape index (κ1) is 10.7. The fourth-order valence-corrected chi connectivity index (χ4v) is 2.06. The highest BCUT2D eigenvalue weighted by atomic mass is 16.7. The Hall–Kier alpha value is -2.43. The van der Waals surface area contributed by atoms with Crippen LogP contribution in [-0.2, 0) is 4.79 Å². The quantitative estimate of drug-likeness (QED) is 0.796. The molecule has 0 saturated carbocycles. The number of H-pyrrole nitrogens is 1. The average Bonchev–Trinajstić information content (AvgIpc) is 2.89. The lowest BCUT2D eigenvalue weighted by atomic mass is 10.1. The molecule has 0 radical (unpaired) electrons. The molecular weight excluding hydrogens is 234 g/mol. The molecule has 0 aliphatic carbocycles. The normalized spacial score (nSPS) is 13.6. The lowest BCUT2D eigenvalue weighted by molar-refractivity contribution is -0.131. The molecule has 0 atom stereocenters. The minimum absolute atomic E-state index is 0.243. The number of fused-ring (bicyclic) bond motifs is 2. The molecule has 2 N–H and O–H groups in total. The van der Waals surface area contributed by atoms with E-state index < -0.39 is 5.97 Å². The number of carboxylic acids is 1. The summed E-state index contributed by atoms with van der Waals surface area (Å²) in [6.45, 7) is 2.18. The number of rotatable bonds is 2. The van der Waals surface area contributed by atoms with Crippen molar-refractivity contribution >= 4 is 22.9 Å². The van der Waals surface area contributed by atoms with Gasteiger partial charge in [0.05, 0.1) is 5.52 Å². The fraction of sp³-hybridized carbons (Fsp3) is 0.154. The molecule has 1 aliphatic rings. The van der Waals surface area contributed by atoms with Gasteiger partial charge in [-0.15, -0.1) is 0 Å². The van der Waals surface area contributed by atoms with Crippen LogP contribution in [0, 0.1) is 6.92 Å². The number of ether oxygens (including phenoxy) is 2. The minimum atomic E-state index is -0.970. The van der Waals surface area contributed by atoms with E-state index in [2.05, 4.69) is 4.98 Å². The van der Waals surface area contributed by atoms with Gasteiger partial charge in [0.15, 0.2) is 11.5 Å². The monoisotopic (exact) mass is 245 g/mol. The van der Waals surface area contributed by atoms with Crippen LogP contribution in [0.4, 0.5) is 0 Å². The molecule has 3 rings (SSSR count). The first-order valence-corrected chi connectivity index (χ1v) is 5.48. The van der Waals surface area contributed by atoms with Crippen LogP contribution in [-0.4, -0.2) is 22.9 Å². The Morgan fingerprint density at radius 3 is 2.83 bits per heavy atom. The van der Waals surface area contributed by atoms with E-state index in [1.165, 1.54) is 0 Å². The van der Waals surface area contributed by atoms with Crippen LogP contribution in [0.1, 0.15) is 11.3 Å². The number of benzene rings is 1. The Balaban J connectivity index is 2.14. The van der Waals surface area contributed by atoms with E-state index in [0.29, 0.717) is 5.75 Å². The summed E-state index contributed by atoms with van der Waals surface area (Å²) >= 11 is 0. The van der Waals surface area contributed by atoms with Gasteiger partial charge < -0.3 is 19.6 Å². The highest BCUT2D eigenvalue weighted by Gasteiger charge is 2.16. The van der Waals surface area contributed by atoms with E-state index in [-0.39, 0.29) is 6.79 Å². The Kier molecular flexibility index (Phi) is 2.26. The van der Waals surface area contributed by atoms with E-state index in [0.717, 1.165) is 34.0 Å². The van der Waals surface area contributed by atoms with Gasteiger partial charge >= 0.3 is 5.97 Å². The molecule has 5 nitrogen and oxygen atoms in total. The summed E-state index contributed by atoms with van der Waals surface area (Å²) in [4.78, 5) is 13.7. The summed E-state index contributed by atoms with van der Waals surface area (Å²) in [5.41, 5.74) is 2.67. The van der Waals surface area contributed by atoms with Crippen molar-refractivity contribution in [2.75, 3.05) is 6.79 Å². The third kappa shape index (κ3) is 1.60. The number of aromatic nitrogens is 1. The average molecular weight is 245 g/mol. The zero-order valence-electron chi connectivity index (χ0n) is 9.69. The molecule has 0 spiro atoms. The highest BCUT2D eigenvalue weighted by molar-refractivity contribution is 5.92. The van der Waals surface area contributed by atoms with Gasteiger partial charge in [-0.3, -0.25) is 0 Å². The van der Waals surface area contributed by atoms with Crippen molar-refractivity contribution in [3.05, 3.63) is 29.5 Å². The second kappa shape index (κ2) is 3.80. The van der Waals surface area contributed by atoms with Crippen molar-refractivity contribution in [2.45, 2.75) is 6.92 Å². The third-order valence-electron chi connectivity index (χ3n) is 2.98. The summed E-state index contributed by atoms with van der Waals surface area (Å²) in [6.07, 6.45) is 2.66. The van der Waals surface area contributed by atoms with Crippen molar-refractivity contribution in [1.82, 2.24) is 4.98 Å². The van der Waals surface area contributed by atoms with Crippen LogP contribution in [0.25, 0.3) is 17.0 Å². The summed E-state index contributed by atoms with van der Waals surface area (Å²) in [5.74, 6) is 0.457. The molecular formula is C13H11NO4. The molecule has 2 heterocycles. The first-order valence-electron chi connectivity index (χ1n) is 5.48. The van der Waals surface area contributed by atoms with Gasteiger partial charge in [0.25, 0.3) is 0 Å². The van der Waals surface area contributed by atoms with Crippen molar-refractivity contribution in [3.8, 4) is 11.5 Å². The summed E-state index contributed by atoms with van der Waals surface area (Å²) in [6, 6.07) is 3.77. The Morgan fingerprint density at radius 2 is 2.11 bits per heavy atom. The maximum atomic E-state index is 10.5. The Labute approximate surface area is 103 Å². The van der Waals surface area contributed by atoms with Crippen LogP contribution in [0.15, 0.2) is 18.2 Å². The molecule has 1 aromatic carbocycles. The number of hydrogen-bond donors (Lipinski definition) is 2. The second-order valence-corrected chi connectivity index (χ2v) is 4.09. The number of hydrogen-bond acceptors (Lipinski definition) is 3. The number of aromatic amines is 1. The molecule has 5 heteroatoms. The standard InChI is InChI=1S/C13H11NO4/c1-7-8-4-11-12(18-6-17-11)5-10(8)14-9(7)2-3-13(15)16/h2-5,14H,6H2,1H3,(H,15,16)/b3-2+. The lowest BCUT2D eigenvalue weighted by Crippen LogP contribution is -1.92. The molecule has 92 valence electrons. The molecule has 18 heavy (non-hydrogen) atoms. The van der Waals surface area contributed by atoms with E-state index in [4.69, 9.17) is 14.6 Å². The van der Waals surface area contributed by atoms with Crippen molar-refractivity contribution in [3.63, 3.8) is 0 Å². The van der Waals surface area contributed by atoms with Crippen LogP contribution in [0.5, 0.6) is 11.5 Å². The third-order valence-corrected chi connectivity index (χ3v) is 2.98. The predicted molar refractivity (Wildman–Crippen MR) is 65.8 cm³/mol. The molecule has 0 saturated heterocycles. The molecule has 0 amide bonds. The molecule has 0 unspecified atom stereocenters. The SMILES string of the molecule is Cc1c(/C=C/C(=O)O)[nH]c2cc3c(cc12)OCO3. The minimum Gasteiger partial charge on any atom is -0.478 e. The van der Waals surface area contributed by atoms with E-state index in [1.54, 1.807) is 6.08 Å². The lowest BCUT2D eigenvalue weighted by Gasteiger charge is -1.96. The van der Waals surface area contributed by atoms with Gasteiger partial charge in [-0.2, -0.15) is 0 Å². The zero-order valence-corrected chi connectivity index (χ0v) is 9.69. The van der Waals surface area contributed by atoms with Gasteiger partial charge in [0, 0.05) is 23.2 Å². The smallest absolute Gasteiger partial charge is 0.328 e. The highest BCUT2D eigenvalue weighted by Crippen LogP contribution is 2.37. The maximum absolute atomic E-state index is 10.5. The van der Waals surface area contributed by atoms with Crippen LogP contribution < -0.4 is 9.47 Å². The number of carbonyl (C=O) groups is 1. The molecule has 2 aromatic rings. The predicted octanol–water partition coefficient (Wildman–Crippen LogP) is 2.30. The number of aryl methyl sites for hydroxylation is 1. The van der Waals surface area contributed by atoms with E-state index in [9.17, 15) is 4.79 Å². The Morgan fingerprint density at radius 1 is 1.39 bits per heavy atom. The molecule has 0 bridgehead atoms. The van der Waals surface area contributed by atoms with E-state index in [1.807, 2.05) is 19.1 Å². The van der Waals surface area contributed by atoms with Crippen LogP contribution >= 0.6 is 0 Å². The second-order valence-electron chi connectivity index (χ2n) is 4.09. The fourth-order valence-electron chi connectivity index (χ4n) is 2.06. The molecule has 0 fully saturated rings. The molecule has 1 aliphatic heterocycles. The number of carboxylic acid groups (broad SMARTS) is 1. The van der Waals surface area contributed by atoms with Gasteiger partial charge in [0.1, 0.15) is 0 Å². The van der Waals surface area contributed by atoms with Crippen molar-refractivity contribution in [1.29, 1.82) is 0 Å². The largest absolute Gasteiger partial charge is 0.478 e. The van der Waals surface area contributed by atoms with Gasteiger partial charge in [-0.05, 0) is 24.6 Å². The van der Waals surface area contributed by atoms with Gasteiger partial charge in [-0.1, -0.05) is 0 Å². The zero-order chi connectivity index (χ0) is 12.7. The van der Waals surface area contributed by atoms with Crippen LogP contribution in [0.3, 0.4) is 0 Å². The summed E-state index contributed by atoms with van der Waals surface area (Å²) in [7, 11) is 0. The van der Waals surface area contributed by atoms with Crippen molar-refractivity contribution in [2.24, 2.45) is 0 Å². The Bertz CT molecular complexity index is 669. The number of aliphatic carboxylic acids is 1. The van der Waals surface area contributed by atoms with Crippen LogP contribution in [0.2, 0.25) is 0 Å². The summed E-state index contributed by atoms with van der Waals surface area (Å²) in [5, 5.41) is 9.64. The van der Waals surface area contributed by atoms with Gasteiger partial charge in [0.2, 0.25) is 6.79 Å².